The van der Waals surface area contributed by atoms with Crippen molar-refractivity contribution in [2.24, 2.45) is 0 Å². The van der Waals surface area contributed by atoms with E-state index in [0.717, 1.165) is 18.8 Å². The van der Waals surface area contributed by atoms with Crippen LogP contribution in [0.3, 0.4) is 0 Å². The number of amides is 1. The van der Waals surface area contributed by atoms with Crippen LogP contribution in [0.25, 0.3) is 0 Å². The lowest BCUT2D eigenvalue weighted by atomic mass is 10.1. The Hall–Kier alpha value is -1.52. The third kappa shape index (κ3) is 3.98. The molecule has 0 fully saturated rings. The van der Waals surface area contributed by atoms with Crippen LogP contribution in [0.15, 0.2) is 30.4 Å². The molecular weight excluding hydrogens is 264 g/mol. The highest BCUT2D eigenvalue weighted by molar-refractivity contribution is 5.87. The third-order valence-corrected chi connectivity index (χ3v) is 2.88. The molecule has 1 amide bonds. The van der Waals surface area contributed by atoms with E-state index in [2.05, 4.69) is 11.4 Å². The fourth-order valence-electron chi connectivity index (χ4n) is 1.87. The van der Waals surface area contributed by atoms with Crippen LogP contribution in [0.1, 0.15) is 11.1 Å². The Labute approximate surface area is 119 Å². The smallest absolute Gasteiger partial charge is 0.245 e. The number of nitrogens with zero attached hydrogens (tertiary/aromatic N) is 1. The number of hydrogen-bond donors (Lipinski definition) is 1. The number of fused-ring (bicyclic) bond motifs is 1. The van der Waals surface area contributed by atoms with Crippen molar-refractivity contribution in [2.45, 2.75) is 13.1 Å². The van der Waals surface area contributed by atoms with Gasteiger partial charge in [0.05, 0.1) is 0 Å². The zero-order chi connectivity index (χ0) is 13.0. The first-order valence-corrected chi connectivity index (χ1v) is 6.00. The molecule has 0 aliphatic carbocycles. The van der Waals surface area contributed by atoms with E-state index in [1.54, 1.807) is 20.2 Å². The Morgan fingerprint density at radius 2 is 2.21 bits per heavy atom. The van der Waals surface area contributed by atoms with Crippen LogP contribution >= 0.6 is 12.4 Å². The maximum atomic E-state index is 11.3. The molecule has 1 aliphatic rings. The van der Waals surface area contributed by atoms with Gasteiger partial charge in [-0.2, -0.15) is 0 Å². The van der Waals surface area contributed by atoms with Gasteiger partial charge in [-0.1, -0.05) is 12.1 Å². The number of halogens is 1. The minimum Gasteiger partial charge on any atom is -0.489 e. The number of nitrogens with one attached hydrogen (secondary N) is 1. The van der Waals surface area contributed by atoms with Gasteiger partial charge in [-0.15, -0.1) is 12.4 Å². The molecule has 1 aromatic rings. The van der Waals surface area contributed by atoms with Gasteiger partial charge >= 0.3 is 0 Å². The van der Waals surface area contributed by atoms with Gasteiger partial charge < -0.3 is 15.0 Å². The summed E-state index contributed by atoms with van der Waals surface area (Å²) in [4.78, 5) is 12.8. The van der Waals surface area contributed by atoms with E-state index in [-0.39, 0.29) is 18.3 Å². The molecule has 1 heterocycles. The molecule has 0 spiro atoms. The molecule has 104 valence electrons. The summed E-state index contributed by atoms with van der Waals surface area (Å²) in [6.07, 6.45) is 3.27. The second kappa shape index (κ2) is 7.16. The lowest BCUT2D eigenvalue weighted by Crippen LogP contribution is -2.19. The maximum Gasteiger partial charge on any atom is 0.245 e. The molecule has 0 radical (unpaired) electrons. The van der Waals surface area contributed by atoms with Gasteiger partial charge in [-0.05, 0) is 17.7 Å². The second-order valence-electron chi connectivity index (χ2n) is 4.44. The summed E-state index contributed by atoms with van der Waals surface area (Å²) >= 11 is 0. The van der Waals surface area contributed by atoms with E-state index in [1.807, 2.05) is 12.1 Å². The van der Waals surface area contributed by atoms with Crippen molar-refractivity contribution >= 4 is 18.3 Å². The molecule has 0 unspecified atom stereocenters. The fraction of sp³-hybridized carbons (Fsp3) is 0.357. The van der Waals surface area contributed by atoms with Crippen LogP contribution in [0.2, 0.25) is 0 Å². The fourth-order valence-corrected chi connectivity index (χ4v) is 1.87. The summed E-state index contributed by atoms with van der Waals surface area (Å²) in [6.45, 7) is 2.17. The van der Waals surface area contributed by atoms with Gasteiger partial charge in [0.25, 0.3) is 0 Å². The molecule has 1 aromatic carbocycles. The SMILES string of the molecule is CN(C)C(=O)/C=C/COc1cccc2c1CNC2.Cl. The molecule has 0 saturated carbocycles. The number of carbonyl (C=O) groups is 1. The molecule has 0 saturated heterocycles. The number of carbonyl (C=O) groups excluding carboxylic acids is 1. The van der Waals surface area contributed by atoms with Crippen molar-refractivity contribution in [3.63, 3.8) is 0 Å². The van der Waals surface area contributed by atoms with Gasteiger partial charge in [0.15, 0.2) is 0 Å². The third-order valence-electron chi connectivity index (χ3n) is 2.88. The molecule has 5 heteroatoms. The lowest BCUT2D eigenvalue weighted by molar-refractivity contribution is -0.123. The standard InChI is InChI=1S/C14H18N2O2.ClH/c1-16(2)14(17)7-4-8-18-13-6-3-5-11-9-15-10-12(11)13;/h3-7,15H,8-10H2,1-2H3;1H/b7-4+;. The molecule has 1 aliphatic heterocycles. The first-order chi connectivity index (χ1) is 8.68. The summed E-state index contributed by atoms with van der Waals surface area (Å²) in [7, 11) is 3.45. The largest absolute Gasteiger partial charge is 0.489 e. The van der Waals surface area contributed by atoms with Crippen molar-refractivity contribution < 1.29 is 9.53 Å². The van der Waals surface area contributed by atoms with E-state index in [0.29, 0.717) is 6.61 Å². The first kappa shape index (κ1) is 15.5. The van der Waals surface area contributed by atoms with Gasteiger partial charge in [0, 0.05) is 38.8 Å². The molecule has 4 nitrogen and oxygen atoms in total. The van der Waals surface area contributed by atoms with Crippen LogP contribution in [0.5, 0.6) is 5.75 Å². The molecule has 19 heavy (non-hydrogen) atoms. The van der Waals surface area contributed by atoms with E-state index in [1.165, 1.54) is 22.1 Å². The van der Waals surface area contributed by atoms with Crippen LogP contribution in [0.4, 0.5) is 0 Å². The van der Waals surface area contributed by atoms with Crippen molar-refractivity contribution in [2.75, 3.05) is 20.7 Å². The zero-order valence-corrected chi connectivity index (χ0v) is 12.0. The number of rotatable bonds is 4. The lowest BCUT2D eigenvalue weighted by Gasteiger charge is -2.08. The number of benzene rings is 1. The Morgan fingerprint density at radius 1 is 1.42 bits per heavy atom. The minimum atomic E-state index is -0.0291. The normalized spacial score (nSPS) is 12.9. The average Bonchev–Trinajstić information content (AvgIpc) is 2.83. The van der Waals surface area contributed by atoms with Crippen molar-refractivity contribution in [1.82, 2.24) is 10.2 Å². The number of hydrogen-bond acceptors (Lipinski definition) is 3. The predicted molar refractivity (Wildman–Crippen MR) is 77.6 cm³/mol. The molecule has 0 atom stereocenters. The van der Waals surface area contributed by atoms with E-state index in [4.69, 9.17) is 4.74 Å². The molecule has 0 bridgehead atoms. The van der Waals surface area contributed by atoms with Gasteiger partial charge in [-0.3, -0.25) is 4.79 Å². The Balaban J connectivity index is 0.00000180. The quantitative estimate of drug-likeness (QED) is 0.855. The Kier molecular flexibility index (Phi) is 5.86. The maximum absolute atomic E-state index is 11.3. The van der Waals surface area contributed by atoms with Crippen LogP contribution in [0, 0.1) is 0 Å². The van der Waals surface area contributed by atoms with Gasteiger partial charge in [0.1, 0.15) is 12.4 Å². The van der Waals surface area contributed by atoms with Crippen LogP contribution in [-0.4, -0.2) is 31.5 Å². The Bertz CT molecular complexity index is 473. The van der Waals surface area contributed by atoms with Crippen LogP contribution < -0.4 is 10.1 Å². The second-order valence-corrected chi connectivity index (χ2v) is 4.44. The molecule has 1 N–H and O–H groups in total. The summed E-state index contributed by atoms with van der Waals surface area (Å²) in [5.41, 5.74) is 2.52. The zero-order valence-electron chi connectivity index (χ0n) is 11.2. The van der Waals surface area contributed by atoms with Gasteiger partial charge in [-0.25, -0.2) is 0 Å². The van der Waals surface area contributed by atoms with Crippen molar-refractivity contribution in [3.05, 3.63) is 41.5 Å². The topological polar surface area (TPSA) is 41.6 Å². The average molecular weight is 283 g/mol. The summed E-state index contributed by atoms with van der Waals surface area (Å²) in [5, 5.41) is 3.29. The highest BCUT2D eigenvalue weighted by Gasteiger charge is 2.13. The highest BCUT2D eigenvalue weighted by atomic mass is 35.5. The van der Waals surface area contributed by atoms with Gasteiger partial charge in [0.2, 0.25) is 5.91 Å². The molecular formula is C14H19ClN2O2. The number of ether oxygens (including phenoxy) is 1. The summed E-state index contributed by atoms with van der Waals surface area (Å²) in [5.74, 6) is 0.873. The minimum absolute atomic E-state index is 0. The van der Waals surface area contributed by atoms with E-state index < -0.39 is 0 Å². The summed E-state index contributed by atoms with van der Waals surface area (Å²) in [6, 6.07) is 6.07. The Morgan fingerprint density at radius 3 is 2.95 bits per heavy atom. The highest BCUT2D eigenvalue weighted by Crippen LogP contribution is 2.25. The number of likely N-dealkylation sites (N-methyl/N-ethyl adjacent to an activating group) is 1. The molecule has 2 rings (SSSR count). The van der Waals surface area contributed by atoms with Crippen molar-refractivity contribution in [3.8, 4) is 5.75 Å². The van der Waals surface area contributed by atoms with Crippen molar-refractivity contribution in [1.29, 1.82) is 0 Å². The van der Waals surface area contributed by atoms with E-state index >= 15 is 0 Å². The first-order valence-electron chi connectivity index (χ1n) is 6.00. The van der Waals surface area contributed by atoms with Crippen LogP contribution in [-0.2, 0) is 17.9 Å². The monoisotopic (exact) mass is 282 g/mol. The molecule has 0 aromatic heterocycles. The predicted octanol–water partition coefficient (Wildman–Crippen LogP) is 1.73. The van der Waals surface area contributed by atoms with E-state index in [9.17, 15) is 4.79 Å². The summed E-state index contributed by atoms with van der Waals surface area (Å²) < 4.78 is 5.68.